The molecule has 2 amide bonds. The fourth-order valence-corrected chi connectivity index (χ4v) is 4.35. The quantitative estimate of drug-likeness (QED) is 0.889. The van der Waals surface area contributed by atoms with E-state index in [0.717, 1.165) is 41.8 Å². The van der Waals surface area contributed by atoms with Crippen LogP contribution in [0.25, 0.3) is 0 Å². The zero-order chi connectivity index (χ0) is 17.4. The van der Waals surface area contributed by atoms with Crippen molar-refractivity contribution in [2.75, 3.05) is 5.32 Å². The van der Waals surface area contributed by atoms with Gasteiger partial charge in [-0.15, -0.1) is 11.3 Å². The molecule has 0 bridgehead atoms. The number of carbonyl (C=O) groups excluding carboxylic acids is 2. The Labute approximate surface area is 141 Å². The Morgan fingerprint density at radius 3 is 2.75 bits per heavy atom. The molecule has 7 heteroatoms. The van der Waals surface area contributed by atoms with Crippen LogP contribution in [0.4, 0.5) is 13.8 Å². The molecule has 0 spiro atoms. The molecule has 1 atom stereocenters. The molecule has 1 heterocycles. The van der Waals surface area contributed by atoms with Crippen LogP contribution in [-0.2, 0) is 12.8 Å². The largest absolute Gasteiger partial charge is 0.365 e. The molecular weight excluding hydrogens is 334 g/mol. The first-order valence-corrected chi connectivity index (χ1v) is 8.39. The second-order valence-electron chi connectivity index (χ2n) is 6.00. The van der Waals surface area contributed by atoms with Crippen molar-refractivity contribution in [3.63, 3.8) is 0 Å². The van der Waals surface area contributed by atoms with Crippen LogP contribution in [0.15, 0.2) is 18.2 Å². The van der Waals surface area contributed by atoms with E-state index in [9.17, 15) is 18.4 Å². The molecule has 0 aliphatic heterocycles. The molecule has 0 radical (unpaired) electrons. The van der Waals surface area contributed by atoms with E-state index < -0.39 is 23.4 Å². The van der Waals surface area contributed by atoms with Gasteiger partial charge in [-0.3, -0.25) is 9.59 Å². The molecule has 3 N–H and O–H groups in total. The van der Waals surface area contributed by atoms with Gasteiger partial charge < -0.3 is 11.1 Å². The number of fused-ring (bicyclic) bond motifs is 1. The van der Waals surface area contributed by atoms with Gasteiger partial charge in [0.25, 0.3) is 11.8 Å². The average molecular weight is 350 g/mol. The van der Waals surface area contributed by atoms with E-state index in [1.165, 1.54) is 11.3 Å². The van der Waals surface area contributed by atoms with Gasteiger partial charge in [-0.1, -0.05) is 6.92 Å². The third kappa shape index (κ3) is 3.03. The molecule has 3 rings (SSSR count). The van der Waals surface area contributed by atoms with Gasteiger partial charge in [0.15, 0.2) is 0 Å². The highest BCUT2D eigenvalue weighted by atomic mass is 32.1. The number of amides is 2. The Morgan fingerprint density at radius 2 is 2.08 bits per heavy atom. The van der Waals surface area contributed by atoms with Gasteiger partial charge in [0.1, 0.15) is 16.6 Å². The van der Waals surface area contributed by atoms with Crippen molar-refractivity contribution in [1.29, 1.82) is 0 Å². The summed E-state index contributed by atoms with van der Waals surface area (Å²) in [6, 6.07) is 2.72. The minimum Gasteiger partial charge on any atom is -0.365 e. The van der Waals surface area contributed by atoms with E-state index in [2.05, 4.69) is 12.2 Å². The number of hydrogen-bond acceptors (Lipinski definition) is 3. The lowest BCUT2D eigenvalue weighted by atomic mass is 9.88. The van der Waals surface area contributed by atoms with Crippen molar-refractivity contribution in [2.24, 2.45) is 11.7 Å². The van der Waals surface area contributed by atoms with Crippen molar-refractivity contribution < 1.29 is 18.4 Å². The number of primary amides is 1. The molecule has 0 saturated carbocycles. The number of thiophene rings is 1. The minimum absolute atomic E-state index is 0.286. The Balaban J connectivity index is 1.95. The van der Waals surface area contributed by atoms with E-state index in [4.69, 9.17) is 5.73 Å². The van der Waals surface area contributed by atoms with Gasteiger partial charge in [0.2, 0.25) is 0 Å². The first kappa shape index (κ1) is 16.6. The predicted octanol–water partition coefficient (Wildman–Crippen LogP) is 3.50. The van der Waals surface area contributed by atoms with Crippen LogP contribution in [0, 0.1) is 17.6 Å². The second kappa shape index (κ2) is 6.32. The second-order valence-corrected chi connectivity index (χ2v) is 7.10. The smallest absolute Gasteiger partial charge is 0.259 e. The van der Waals surface area contributed by atoms with E-state index in [-0.39, 0.29) is 5.56 Å². The first-order chi connectivity index (χ1) is 11.4. The summed E-state index contributed by atoms with van der Waals surface area (Å²) in [4.78, 5) is 25.1. The lowest BCUT2D eigenvalue weighted by Gasteiger charge is -2.18. The normalized spacial score (nSPS) is 16.5. The highest BCUT2D eigenvalue weighted by Crippen LogP contribution is 2.39. The zero-order valence-corrected chi connectivity index (χ0v) is 13.8. The highest BCUT2D eigenvalue weighted by Gasteiger charge is 2.27. The number of halogens is 2. The van der Waals surface area contributed by atoms with Crippen LogP contribution in [0.5, 0.6) is 0 Å². The molecule has 4 nitrogen and oxygen atoms in total. The number of anilines is 1. The number of rotatable bonds is 3. The SMILES string of the molecule is C[C@H]1CCc2c(sc(NC(=O)c3ccc(F)cc3F)c2C(N)=O)C1. The van der Waals surface area contributed by atoms with Crippen LogP contribution in [0.1, 0.15) is 44.5 Å². The summed E-state index contributed by atoms with van der Waals surface area (Å²) in [6.07, 6.45) is 2.50. The lowest BCUT2D eigenvalue weighted by Crippen LogP contribution is -2.20. The highest BCUT2D eigenvalue weighted by molar-refractivity contribution is 7.17. The zero-order valence-electron chi connectivity index (χ0n) is 13.0. The van der Waals surface area contributed by atoms with Gasteiger partial charge >= 0.3 is 0 Å². The monoisotopic (exact) mass is 350 g/mol. The first-order valence-electron chi connectivity index (χ1n) is 7.57. The number of hydrogen-bond donors (Lipinski definition) is 2. The van der Waals surface area contributed by atoms with Gasteiger partial charge in [0.05, 0.1) is 11.1 Å². The molecule has 2 aromatic rings. The predicted molar refractivity (Wildman–Crippen MR) is 88.3 cm³/mol. The van der Waals surface area contributed by atoms with Crippen molar-refractivity contribution >= 4 is 28.2 Å². The molecule has 1 aliphatic carbocycles. The summed E-state index contributed by atoms with van der Waals surface area (Å²) in [5, 5.41) is 2.89. The molecule has 0 fully saturated rings. The maximum absolute atomic E-state index is 13.8. The molecule has 0 unspecified atom stereocenters. The van der Waals surface area contributed by atoms with Gasteiger partial charge in [-0.25, -0.2) is 8.78 Å². The van der Waals surface area contributed by atoms with Crippen LogP contribution in [-0.4, -0.2) is 11.8 Å². The maximum atomic E-state index is 13.8. The minimum atomic E-state index is -0.955. The molecule has 0 saturated heterocycles. The van der Waals surface area contributed by atoms with Gasteiger partial charge in [-0.2, -0.15) is 0 Å². The Kier molecular flexibility index (Phi) is 4.36. The lowest BCUT2D eigenvalue weighted by molar-refractivity contribution is 0.1000. The van der Waals surface area contributed by atoms with Gasteiger partial charge in [0, 0.05) is 10.9 Å². The van der Waals surface area contributed by atoms with E-state index in [0.29, 0.717) is 22.5 Å². The number of nitrogens with two attached hydrogens (primary N) is 1. The fourth-order valence-electron chi connectivity index (χ4n) is 2.94. The Morgan fingerprint density at radius 1 is 1.33 bits per heavy atom. The van der Waals surface area contributed by atoms with Crippen LogP contribution < -0.4 is 11.1 Å². The van der Waals surface area contributed by atoms with E-state index in [1.807, 2.05) is 0 Å². The summed E-state index contributed by atoms with van der Waals surface area (Å²) < 4.78 is 26.7. The van der Waals surface area contributed by atoms with Gasteiger partial charge in [-0.05, 0) is 42.9 Å². The standard InChI is InChI=1S/C17H16F2N2O2S/c1-8-2-4-11-13(6-8)24-17(14(11)15(20)22)21-16(23)10-5-3-9(18)7-12(10)19/h3,5,7-8H,2,4,6H2,1H3,(H2,20,22)(H,21,23)/t8-/m0/s1. The summed E-state index contributed by atoms with van der Waals surface area (Å²) >= 11 is 1.30. The van der Waals surface area contributed by atoms with Crippen LogP contribution >= 0.6 is 11.3 Å². The molecular formula is C17H16F2N2O2S. The third-order valence-electron chi connectivity index (χ3n) is 4.16. The average Bonchev–Trinajstić information content (AvgIpc) is 2.83. The summed E-state index contributed by atoms with van der Waals surface area (Å²) in [5.74, 6) is -2.57. The molecule has 1 aliphatic rings. The fraction of sp³-hybridized carbons (Fsp3) is 0.294. The summed E-state index contributed by atoms with van der Waals surface area (Å²) in [6.45, 7) is 2.12. The molecule has 1 aromatic carbocycles. The van der Waals surface area contributed by atoms with Crippen molar-refractivity contribution in [3.8, 4) is 0 Å². The summed E-state index contributed by atoms with van der Waals surface area (Å²) in [7, 11) is 0. The Bertz CT molecular complexity index is 832. The third-order valence-corrected chi connectivity index (χ3v) is 5.33. The topological polar surface area (TPSA) is 72.2 Å². The number of carbonyl (C=O) groups is 2. The van der Waals surface area contributed by atoms with E-state index >= 15 is 0 Å². The van der Waals surface area contributed by atoms with Crippen LogP contribution in [0.3, 0.4) is 0 Å². The summed E-state index contributed by atoms with van der Waals surface area (Å²) in [5.41, 5.74) is 6.37. The van der Waals surface area contributed by atoms with Crippen molar-refractivity contribution in [1.82, 2.24) is 0 Å². The van der Waals surface area contributed by atoms with Crippen molar-refractivity contribution in [2.45, 2.75) is 26.2 Å². The number of benzene rings is 1. The molecule has 24 heavy (non-hydrogen) atoms. The maximum Gasteiger partial charge on any atom is 0.259 e. The number of nitrogens with one attached hydrogen (secondary N) is 1. The molecule has 126 valence electrons. The van der Waals surface area contributed by atoms with Crippen molar-refractivity contribution in [3.05, 3.63) is 51.4 Å². The Hall–Kier alpha value is -2.28. The van der Waals surface area contributed by atoms with Crippen LogP contribution in [0.2, 0.25) is 0 Å². The molecule has 1 aromatic heterocycles. The van der Waals surface area contributed by atoms with E-state index in [1.54, 1.807) is 0 Å².